The van der Waals surface area contributed by atoms with Crippen LogP contribution in [0.15, 0.2) is 36.7 Å². The number of hydrogen-bond donors (Lipinski definition) is 0. The van der Waals surface area contributed by atoms with Gasteiger partial charge in [0.2, 0.25) is 0 Å². The Morgan fingerprint density at radius 3 is 2.24 bits per heavy atom. The van der Waals surface area contributed by atoms with Gasteiger partial charge in [-0.2, -0.15) is 5.10 Å². The lowest BCUT2D eigenvalue weighted by Crippen LogP contribution is -2.21. The first-order valence-corrected chi connectivity index (χ1v) is 5.61. The summed E-state index contributed by atoms with van der Waals surface area (Å²) in [4.78, 5) is 10.6. The molecule has 2 rings (SSSR count). The Kier molecular flexibility index (Phi) is 2.84. The first kappa shape index (κ1) is 11.6. The van der Waals surface area contributed by atoms with E-state index in [2.05, 4.69) is 25.9 Å². The highest BCUT2D eigenvalue weighted by atomic mass is 16.1. The van der Waals surface area contributed by atoms with E-state index in [0.29, 0.717) is 5.56 Å². The Balaban J connectivity index is 2.33. The highest BCUT2D eigenvalue weighted by molar-refractivity contribution is 5.76. The van der Waals surface area contributed by atoms with Gasteiger partial charge in [-0.15, -0.1) is 0 Å². The van der Waals surface area contributed by atoms with E-state index in [0.717, 1.165) is 17.4 Å². The second-order valence-electron chi connectivity index (χ2n) is 5.08. The molecular weight excluding hydrogens is 212 g/mol. The van der Waals surface area contributed by atoms with Gasteiger partial charge in [-0.3, -0.25) is 9.48 Å². The fourth-order valence-corrected chi connectivity index (χ4v) is 1.59. The second kappa shape index (κ2) is 4.17. The van der Waals surface area contributed by atoms with Crippen molar-refractivity contribution in [3.05, 3.63) is 42.2 Å². The van der Waals surface area contributed by atoms with Gasteiger partial charge in [0.1, 0.15) is 6.29 Å². The van der Waals surface area contributed by atoms with Gasteiger partial charge in [-0.25, -0.2) is 0 Å². The SMILES string of the molecule is CC(C)(C)n1cc(-c2ccc(C=O)cc2)cn1. The zero-order valence-electron chi connectivity index (χ0n) is 10.3. The largest absolute Gasteiger partial charge is 0.298 e. The zero-order valence-corrected chi connectivity index (χ0v) is 10.3. The Morgan fingerprint density at radius 2 is 1.76 bits per heavy atom. The van der Waals surface area contributed by atoms with E-state index in [1.54, 1.807) is 0 Å². The molecule has 0 saturated heterocycles. The van der Waals surface area contributed by atoms with Gasteiger partial charge in [-0.1, -0.05) is 24.3 Å². The summed E-state index contributed by atoms with van der Waals surface area (Å²) in [5, 5.41) is 4.35. The molecule has 1 heterocycles. The van der Waals surface area contributed by atoms with Crippen molar-refractivity contribution in [3.63, 3.8) is 0 Å². The van der Waals surface area contributed by atoms with Gasteiger partial charge in [0, 0.05) is 17.3 Å². The van der Waals surface area contributed by atoms with Gasteiger partial charge < -0.3 is 0 Å². The lowest BCUT2D eigenvalue weighted by molar-refractivity contribution is 0.112. The zero-order chi connectivity index (χ0) is 12.5. The van der Waals surface area contributed by atoms with E-state index >= 15 is 0 Å². The predicted molar refractivity (Wildman–Crippen MR) is 68.0 cm³/mol. The molecule has 17 heavy (non-hydrogen) atoms. The molecular formula is C14H16N2O. The van der Waals surface area contributed by atoms with E-state index in [4.69, 9.17) is 0 Å². The average Bonchev–Trinajstić information content (AvgIpc) is 2.78. The Hall–Kier alpha value is -1.90. The average molecular weight is 228 g/mol. The third-order valence-electron chi connectivity index (χ3n) is 2.65. The van der Waals surface area contributed by atoms with Crippen LogP contribution < -0.4 is 0 Å². The van der Waals surface area contributed by atoms with Crippen LogP contribution >= 0.6 is 0 Å². The Bertz CT molecular complexity index is 518. The van der Waals surface area contributed by atoms with Crippen LogP contribution in [0.3, 0.4) is 0 Å². The van der Waals surface area contributed by atoms with Crippen LogP contribution in [0.4, 0.5) is 0 Å². The summed E-state index contributed by atoms with van der Waals surface area (Å²) >= 11 is 0. The maximum atomic E-state index is 10.6. The molecule has 0 aliphatic rings. The number of nitrogens with zero attached hydrogens (tertiary/aromatic N) is 2. The molecule has 3 nitrogen and oxygen atoms in total. The Morgan fingerprint density at radius 1 is 1.12 bits per heavy atom. The van der Waals surface area contributed by atoms with E-state index in [-0.39, 0.29) is 5.54 Å². The number of aromatic nitrogens is 2. The van der Waals surface area contributed by atoms with Crippen molar-refractivity contribution in [2.24, 2.45) is 0 Å². The fraction of sp³-hybridized carbons (Fsp3) is 0.286. The molecule has 0 amide bonds. The van der Waals surface area contributed by atoms with Crippen molar-refractivity contribution in [1.82, 2.24) is 9.78 Å². The molecule has 0 saturated carbocycles. The molecule has 0 radical (unpaired) electrons. The van der Waals surface area contributed by atoms with Crippen LogP contribution in [0, 0.1) is 0 Å². The summed E-state index contributed by atoms with van der Waals surface area (Å²) in [5.74, 6) is 0. The van der Waals surface area contributed by atoms with Gasteiger partial charge in [0.25, 0.3) is 0 Å². The number of carbonyl (C=O) groups is 1. The number of rotatable bonds is 2. The van der Waals surface area contributed by atoms with E-state index in [1.165, 1.54) is 0 Å². The van der Waals surface area contributed by atoms with Gasteiger partial charge in [0.05, 0.1) is 11.7 Å². The van der Waals surface area contributed by atoms with E-state index in [9.17, 15) is 4.79 Å². The van der Waals surface area contributed by atoms with Crippen molar-refractivity contribution < 1.29 is 4.79 Å². The molecule has 88 valence electrons. The van der Waals surface area contributed by atoms with Crippen LogP contribution in [0.5, 0.6) is 0 Å². The van der Waals surface area contributed by atoms with Gasteiger partial charge in [0.15, 0.2) is 0 Å². The van der Waals surface area contributed by atoms with Gasteiger partial charge in [-0.05, 0) is 26.3 Å². The minimum absolute atomic E-state index is 0.0129. The predicted octanol–water partition coefficient (Wildman–Crippen LogP) is 3.12. The lowest BCUT2D eigenvalue weighted by Gasteiger charge is -2.18. The topological polar surface area (TPSA) is 34.9 Å². The van der Waals surface area contributed by atoms with Crippen LogP contribution in [0.1, 0.15) is 31.1 Å². The van der Waals surface area contributed by atoms with Crippen molar-refractivity contribution in [3.8, 4) is 11.1 Å². The molecule has 0 fully saturated rings. The minimum Gasteiger partial charge on any atom is -0.298 e. The smallest absolute Gasteiger partial charge is 0.150 e. The first-order chi connectivity index (χ1) is 8.00. The van der Waals surface area contributed by atoms with Crippen molar-refractivity contribution >= 4 is 6.29 Å². The molecule has 2 aromatic rings. The van der Waals surface area contributed by atoms with Crippen LogP contribution in [0.25, 0.3) is 11.1 Å². The number of hydrogen-bond acceptors (Lipinski definition) is 2. The standard InChI is InChI=1S/C14H16N2O/c1-14(2,3)16-9-13(8-15-16)12-6-4-11(10-17)5-7-12/h4-10H,1-3H3. The number of carbonyl (C=O) groups excluding carboxylic acids is 1. The first-order valence-electron chi connectivity index (χ1n) is 5.61. The Labute approximate surface area is 101 Å². The second-order valence-corrected chi connectivity index (χ2v) is 5.08. The highest BCUT2D eigenvalue weighted by Gasteiger charge is 2.14. The maximum absolute atomic E-state index is 10.6. The van der Waals surface area contributed by atoms with Crippen LogP contribution in [0.2, 0.25) is 0 Å². The lowest BCUT2D eigenvalue weighted by atomic mass is 10.1. The monoisotopic (exact) mass is 228 g/mol. The fourth-order valence-electron chi connectivity index (χ4n) is 1.59. The van der Waals surface area contributed by atoms with E-state index < -0.39 is 0 Å². The van der Waals surface area contributed by atoms with Crippen LogP contribution in [-0.4, -0.2) is 16.1 Å². The maximum Gasteiger partial charge on any atom is 0.150 e. The van der Waals surface area contributed by atoms with E-state index in [1.807, 2.05) is 41.3 Å². The summed E-state index contributed by atoms with van der Waals surface area (Å²) in [7, 11) is 0. The summed E-state index contributed by atoms with van der Waals surface area (Å²) in [6, 6.07) is 7.51. The van der Waals surface area contributed by atoms with Crippen molar-refractivity contribution in [1.29, 1.82) is 0 Å². The van der Waals surface area contributed by atoms with Crippen LogP contribution in [-0.2, 0) is 5.54 Å². The highest BCUT2D eigenvalue weighted by Crippen LogP contribution is 2.21. The molecule has 1 aromatic carbocycles. The third-order valence-corrected chi connectivity index (χ3v) is 2.65. The molecule has 1 aromatic heterocycles. The molecule has 0 spiro atoms. The molecule has 0 atom stereocenters. The molecule has 0 bridgehead atoms. The molecule has 0 aliphatic heterocycles. The summed E-state index contributed by atoms with van der Waals surface area (Å²) in [6.45, 7) is 6.33. The minimum atomic E-state index is -0.0129. The summed E-state index contributed by atoms with van der Waals surface area (Å²) < 4.78 is 1.94. The third kappa shape index (κ3) is 2.44. The molecule has 0 N–H and O–H groups in total. The molecule has 0 aliphatic carbocycles. The molecule has 3 heteroatoms. The van der Waals surface area contributed by atoms with Gasteiger partial charge >= 0.3 is 0 Å². The normalized spacial score (nSPS) is 11.5. The number of aldehydes is 1. The van der Waals surface area contributed by atoms with Crippen molar-refractivity contribution in [2.75, 3.05) is 0 Å². The van der Waals surface area contributed by atoms with Crippen molar-refractivity contribution in [2.45, 2.75) is 26.3 Å². The summed E-state index contributed by atoms with van der Waals surface area (Å²) in [6.07, 6.45) is 4.72. The quantitative estimate of drug-likeness (QED) is 0.740. The summed E-state index contributed by atoms with van der Waals surface area (Å²) in [5.41, 5.74) is 2.82. The number of benzene rings is 1. The molecule has 0 unspecified atom stereocenters.